The van der Waals surface area contributed by atoms with Crippen molar-refractivity contribution >= 4 is 11.7 Å². The molecule has 1 fully saturated rings. The van der Waals surface area contributed by atoms with Crippen molar-refractivity contribution in [3.63, 3.8) is 0 Å². The zero-order valence-electron chi connectivity index (χ0n) is 8.95. The lowest BCUT2D eigenvalue weighted by Crippen LogP contribution is -2.26. The number of carbonyl (C=O) groups is 1. The molecule has 1 saturated heterocycles. The molecule has 0 aromatic heterocycles. The van der Waals surface area contributed by atoms with Gasteiger partial charge in [0, 0.05) is 18.8 Å². The van der Waals surface area contributed by atoms with Gasteiger partial charge in [0.25, 0.3) is 0 Å². The van der Waals surface area contributed by atoms with E-state index in [2.05, 4.69) is 9.84 Å². The number of nitrogens with zero attached hydrogens (tertiary/aromatic N) is 2. The Balaban J connectivity index is 2.37. The Bertz CT molecular complexity index is 220. The summed E-state index contributed by atoms with van der Waals surface area (Å²) >= 11 is 0. The molecule has 0 bridgehead atoms. The van der Waals surface area contributed by atoms with Crippen molar-refractivity contribution in [1.82, 2.24) is 5.01 Å². The first-order chi connectivity index (χ1) is 6.72. The van der Waals surface area contributed by atoms with Gasteiger partial charge in [-0.25, -0.2) is 0 Å². The summed E-state index contributed by atoms with van der Waals surface area (Å²) in [6.07, 6.45) is 4.00. The Hall–Kier alpha value is -1.06. The molecule has 1 aliphatic rings. The first-order valence-electron chi connectivity index (χ1n) is 5.08. The number of ether oxygens (including phenoxy) is 1. The van der Waals surface area contributed by atoms with Crippen LogP contribution in [0.4, 0.5) is 0 Å². The fourth-order valence-corrected chi connectivity index (χ4v) is 1.54. The van der Waals surface area contributed by atoms with E-state index in [1.165, 1.54) is 26.4 Å². The van der Waals surface area contributed by atoms with Crippen LogP contribution < -0.4 is 0 Å². The van der Waals surface area contributed by atoms with Crippen molar-refractivity contribution in [3.05, 3.63) is 0 Å². The van der Waals surface area contributed by atoms with E-state index < -0.39 is 0 Å². The highest BCUT2D eigenvalue weighted by Crippen LogP contribution is 2.09. The van der Waals surface area contributed by atoms with Crippen LogP contribution in [0.3, 0.4) is 0 Å². The number of methoxy groups -OCH3 is 1. The fourth-order valence-electron chi connectivity index (χ4n) is 1.54. The van der Waals surface area contributed by atoms with Gasteiger partial charge in [-0.3, -0.25) is 9.80 Å². The summed E-state index contributed by atoms with van der Waals surface area (Å²) in [5.41, 5.74) is 0.832. The van der Waals surface area contributed by atoms with E-state index in [0.717, 1.165) is 18.8 Å². The summed E-state index contributed by atoms with van der Waals surface area (Å²) in [4.78, 5) is 10.9. The Morgan fingerprint density at radius 2 is 2.00 bits per heavy atom. The molecule has 4 heteroatoms. The van der Waals surface area contributed by atoms with Gasteiger partial charge in [0.1, 0.15) is 0 Å². The monoisotopic (exact) mass is 198 g/mol. The van der Waals surface area contributed by atoms with E-state index >= 15 is 0 Å². The van der Waals surface area contributed by atoms with Gasteiger partial charge in [-0.1, -0.05) is 0 Å². The van der Waals surface area contributed by atoms with Crippen molar-refractivity contribution in [2.75, 3.05) is 20.2 Å². The molecule has 1 aliphatic heterocycles. The summed E-state index contributed by atoms with van der Waals surface area (Å²) in [6.45, 7) is 3.89. The van der Waals surface area contributed by atoms with E-state index in [1.54, 1.807) is 0 Å². The molecule has 0 radical (unpaired) electrons. The van der Waals surface area contributed by atoms with Crippen molar-refractivity contribution in [2.45, 2.75) is 32.6 Å². The molecule has 0 saturated carbocycles. The number of hydrogen-bond acceptors (Lipinski definition) is 4. The molecule has 80 valence electrons. The maximum absolute atomic E-state index is 10.9. The average molecular weight is 198 g/mol. The van der Waals surface area contributed by atoms with E-state index in [4.69, 9.17) is 0 Å². The summed E-state index contributed by atoms with van der Waals surface area (Å²) in [5.74, 6) is -0.219. The first kappa shape index (κ1) is 11.0. The van der Waals surface area contributed by atoms with Gasteiger partial charge in [0.2, 0.25) is 0 Å². The second-order valence-corrected chi connectivity index (χ2v) is 3.60. The SMILES string of the molecule is COC(=O)CC(C)=NN1CCCCC1. The third-order valence-electron chi connectivity index (χ3n) is 2.27. The van der Waals surface area contributed by atoms with E-state index in [-0.39, 0.29) is 5.97 Å². The number of hydrazone groups is 1. The van der Waals surface area contributed by atoms with Gasteiger partial charge >= 0.3 is 5.97 Å². The lowest BCUT2D eigenvalue weighted by molar-refractivity contribution is -0.139. The van der Waals surface area contributed by atoms with Gasteiger partial charge in [0.05, 0.1) is 13.5 Å². The van der Waals surface area contributed by atoms with Crippen molar-refractivity contribution < 1.29 is 9.53 Å². The van der Waals surface area contributed by atoms with Crippen LogP contribution >= 0.6 is 0 Å². The molecule has 1 heterocycles. The maximum Gasteiger partial charge on any atom is 0.311 e. The molecule has 0 aliphatic carbocycles. The van der Waals surface area contributed by atoms with Crippen LogP contribution in [0.1, 0.15) is 32.6 Å². The Kier molecular flexibility index (Phi) is 4.43. The van der Waals surface area contributed by atoms with Crippen LogP contribution in [0.2, 0.25) is 0 Å². The average Bonchev–Trinajstić information content (AvgIpc) is 2.19. The minimum absolute atomic E-state index is 0.219. The topological polar surface area (TPSA) is 41.9 Å². The van der Waals surface area contributed by atoms with E-state index in [9.17, 15) is 4.79 Å². The lowest BCUT2D eigenvalue weighted by atomic mass is 10.2. The van der Waals surface area contributed by atoms with Crippen LogP contribution in [-0.2, 0) is 9.53 Å². The maximum atomic E-state index is 10.9. The van der Waals surface area contributed by atoms with Crippen LogP contribution in [0, 0.1) is 0 Å². The van der Waals surface area contributed by atoms with Crippen LogP contribution in [0.15, 0.2) is 5.10 Å². The summed E-state index contributed by atoms with van der Waals surface area (Å²) in [7, 11) is 1.40. The number of esters is 1. The van der Waals surface area contributed by atoms with Crippen LogP contribution in [0.5, 0.6) is 0 Å². The van der Waals surface area contributed by atoms with Gasteiger partial charge in [0.15, 0.2) is 0 Å². The molecule has 1 rings (SSSR count). The van der Waals surface area contributed by atoms with Gasteiger partial charge in [-0.05, 0) is 26.2 Å². The second kappa shape index (κ2) is 5.62. The Labute approximate surface area is 84.9 Å². The smallest absolute Gasteiger partial charge is 0.311 e. The number of hydrogen-bond donors (Lipinski definition) is 0. The predicted octanol–water partition coefficient (Wildman–Crippen LogP) is 1.41. The summed E-state index contributed by atoms with van der Waals surface area (Å²) < 4.78 is 4.57. The van der Waals surface area contributed by atoms with Gasteiger partial charge in [-0.2, -0.15) is 5.10 Å². The normalized spacial score (nSPS) is 18.1. The van der Waals surface area contributed by atoms with Crippen LogP contribution in [-0.4, -0.2) is 36.9 Å². The zero-order valence-corrected chi connectivity index (χ0v) is 8.95. The zero-order chi connectivity index (χ0) is 10.4. The number of carbonyl (C=O) groups excluding carboxylic acids is 1. The van der Waals surface area contributed by atoms with Crippen LogP contribution in [0.25, 0.3) is 0 Å². The Morgan fingerprint density at radius 1 is 1.36 bits per heavy atom. The minimum Gasteiger partial charge on any atom is -0.469 e. The molecule has 0 unspecified atom stereocenters. The molecule has 0 amide bonds. The lowest BCUT2D eigenvalue weighted by Gasteiger charge is -2.24. The van der Waals surface area contributed by atoms with E-state index in [1.807, 2.05) is 11.9 Å². The van der Waals surface area contributed by atoms with Crippen molar-refractivity contribution in [1.29, 1.82) is 0 Å². The quantitative estimate of drug-likeness (QED) is 0.508. The molecule has 14 heavy (non-hydrogen) atoms. The van der Waals surface area contributed by atoms with Gasteiger partial charge in [-0.15, -0.1) is 0 Å². The molecular formula is C10H18N2O2. The number of piperidine rings is 1. The first-order valence-corrected chi connectivity index (χ1v) is 5.08. The third kappa shape index (κ3) is 3.77. The second-order valence-electron chi connectivity index (χ2n) is 3.60. The van der Waals surface area contributed by atoms with Crippen molar-refractivity contribution in [2.24, 2.45) is 5.10 Å². The largest absolute Gasteiger partial charge is 0.469 e. The summed E-state index contributed by atoms with van der Waals surface area (Å²) in [6, 6.07) is 0. The fraction of sp³-hybridized carbons (Fsp3) is 0.800. The molecule has 0 spiro atoms. The highest BCUT2D eigenvalue weighted by Gasteiger charge is 2.09. The van der Waals surface area contributed by atoms with Crippen molar-refractivity contribution in [3.8, 4) is 0 Å². The minimum atomic E-state index is -0.219. The number of rotatable bonds is 3. The molecule has 4 nitrogen and oxygen atoms in total. The molecule has 0 N–H and O–H groups in total. The third-order valence-corrected chi connectivity index (χ3v) is 2.27. The summed E-state index contributed by atoms with van der Waals surface area (Å²) in [5, 5.41) is 6.42. The molecule has 0 atom stereocenters. The molecule has 0 aromatic carbocycles. The van der Waals surface area contributed by atoms with Gasteiger partial charge < -0.3 is 4.74 Å². The molecular weight excluding hydrogens is 180 g/mol. The highest BCUT2D eigenvalue weighted by atomic mass is 16.5. The predicted molar refractivity (Wildman–Crippen MR) is 55.2 cm³/mol. The highest BCUT2D eigenvalue weighted by molar-refractivity contribution is 5.97. The standard InChI is InChI=1S/C10H18N2O2/c1-9(8-10(13)14-2)11-12-6-4-3-5-7-12/h3-8H2,1-2H3. The Morgan fingerprint density at radius 3 is 2.57 bits per heavy atom. The van der Waals surface area contributed by atoms with E-state index in [0.29, 0.717) is 6.42 Å². The molecule has 0 aromatic rings.